The minimum atomic E-state index is -4.58. The second-order valence-corrected chi connectivity index (χ2v) is 5.80. The molecule has 0 amide bonds. The molecule has 0 aliphatic carbocycles. The normalized spacial score (nSPS) is 12.2. The van der Waals surface area contributed by atoms with E-state index in [9.17, 15) is 22.6 Å². The van der Waals surface area contributed by atoms with E-state index in [1.165, 1.54) is 12.1 Å². The molecule has 19 heavy (non-hydrogen) atoms. The molecule has 0 aliphatic heterocycles. The third kappa shape index (κ3) is 2.32. The molecule has 1 aromatic heterocycles. The largest absolute Gasteiger partial charge is 0.326 e. The topological polar surface area (TPSA) is 120 Å². The van der Waals surface area contributed by atoms with Crippen molar-refractivity contribution in [1.29, 1.82) is 0 Å². The van der Waals surface area contributed by atoms with Crippen LogP contribution in [0.2, 0.25) is 0 Å². The summed E-state index contributed by atoms with van der Waals surface area (Å²) in [5.74, 6) is -0.215. The van der Waals surface area contributed by atoms with E-state index in [-0.39, 0.29) is 16.8 Å². The summed E-state index contributed by atoms with van der Waals surface area (Å²) in [6.07, 6.45) is 0. The van der Waals surface area contributed by atoms with Gasteiger partial charge in [-0.25, -0.2) is 4.79 Å². The van der Waals surface area contributed by atoms with Crippen LogP contribution in [0.5, 0.6) is 0 Å². The predicted molar refractivity (Wildman–Crippen MR) is 69.1 cm³/mol. The van der Waals surface area contributed by atoms with Crippen molar-refractivity contribution in [3.8, 4) is 0 Å². The number of rotatable bonds is 2. The molecule has 0 spiro atoms. The van der Waals surface area contributed by atoms with E-state index >= 15 is 0 Å². The fourth-order valence-corrected chi connectivity index (χ4v) is 3.04. The van der Waals surface area contributed by atoms with Crippen LogP contribution < -0.4 is 11.2 Å². The number of benzene rings is 1. The Hall–Kier alpha value is -1.93. The van der Waals surface area contributed by atoms with Crippen LogP contribution in [-0.4, -0.2) is 22.9 Å². The van der Waals surface area contributed by atoms with Gasteiger partial charge in [0, 0.05) is 0 Å². The van der Waals surface area contributed by atoms with Gasteiger partial charge < -0.3 is 4.98 Å². The van der Waals surface area contributed by atoms with E-state index < -0.39 is 26.3 Å². The summed E-state index contributed by atoms with van der Waals surface area (Å²) in [6, 6.07) is 2.90. The second-order valence-electron chi connectivity index (χ2n) is 4.44. The lowest BCUT2D eigenvalue weighted by molar-refractivity contribution is 0.482. The number of hydrogen-bond acceptors (Lipinski definition) is 4. The number of aromatic amines is 2. The molecule has 0 aliphatic rings. The van der Waals surface area contributed by atoms with Gasteiger partial charge in [-0.1, -0.05) is 19.9 Å². The highest BCUT2D eigenvalue weighted by molar-refractivity contribution is 7.86. The van der Waals surface area contributed by atoms with Crippen LogP contribution in [0.3, 0.4) is 0 Å². The van der Waals surface area contributed by atoms with Gasteiger partial charge in [-0.2, -0.15) is 8.42 Å². The highest BCUT2D eigenvalue weighted by Crippen LogP contribution is 2.28. The Morgan fingerprint density at radius 1 is 1.16 bits per heavy atom. The molecule has 0 unspecified atom stereocenters. The predicted octanol–water partition coefficient (Wildman–Crippen LogP) is 0.587. The molecular weight excluding hydrogens is 272 g/mol. The van der Waals surface area contributed by atoms with Crippen LogP contribution in [0.4, 0.5) is 0 Å². The van der Waals surface area contributed by atoms with Crippen molar-refractivity contribution >= 4 is 21.0 Å². The molecule has 0 saturated carbocycles. The van der Waals surface area contributed by atoms with Gasteiger partial charge in [0.1, 0.15) is 4.90 Å². The molecule has 0 saturated heterocycles. The van der Waals surface area contributed by atoms with Crippen molar-refractivity contribution in [2.24, 2.45) is 0 Å². The van der Waals surface area contributed by atoms with Gasteiger partial charge in [0.2, 0.25) is 0 Å². The van der Waals surface area contributed by atoms with Crippen molar-refractivity contribution in [1.82, 2.24) is 9.97 Å². The quantitative estimate of drug-likeness (QED) is 0.697. The van der Waals surface area contributed by atoms with Crippen LogP contribution in [-0.2, 0) is 10.1 Å². The van der Waals surface area contributed by atoms with Crippen molar-refractivity contribution in [3.05, 3.63) is 38.5 Å². The summed E-state index contributed by atoms with van der Waals surface area (Å²) in [7, 11) is -4.58. The Balaban J connectivity index is 3.14. The fourth-order valence-electron chi connectivity index (χ4n) is 1.98. The lowest BCUT2D eigenvalue weighted by atomic mass is 10.0. The Morgan fingerprint density at radius 2 is 1.79 bits per heavy atom. The minimum Gasteiger partial charge on any atom is -0.307 e. The van der Waals surface area contributed by atoms with E-state index in [2.05, 4.69) is 4.98 Å². The number of H-pyrrole nitrogens is 2. The summed E-state index contributed by atoms with van der Waals surface area (Å²) in [4.78, 5) is 26.8. The molecule has 2 aromatic rings. The van der Waals surface area contributed by atoms with Gasteiger partial charge in [-0.15, -0.1) is 0 Å². The van der Waals surface area contributed by atoms with Crippen molar-refractivity contribution in [2.45, 2.75) is 24.7 Å². The van der Waals surface area contributed by atoms with E-state index in [0.29, 0.717) is 5.56 Å². The van der Waals surface area contributed by atoms with Gasteiger partial charge in [-0.05, 0) is 17.5 Å². The molecule has 0 radical (unpaired) electrons. The van der Waals surface area contributed by atoms with Gasteiger partial charge in [-0.3, -0.25) is 14.3 Å². The zero-order valence-electron chi connectivity index (χ0n) is 10.2. The summed E-state index contributed by atoms with van der Waals surface area (Å²) < 4.78 is 32.4. The average Bonchev–Trinajstić information content (AvgIpc) is 2.25. The fraction of sp³-hybridized carbons (Fsp3) is 0.273. The highest BCUT2D eigenvalue weighted by Gasteiger charge is 2.23. The Morgan fingerprint density at radius 3 is 2.32 bits per heavy atom. The van der Waals surface area contributed by atoms with Crippen molar-refractivity contribution < 1.29 is 13.0 Å². The minimum absolute atomic E-state index is 0.0609. The summed E-state index contributed by atoms with van der Waals surface area (Å²) >= 11 is 0. The maximum Gasteiger partial charge on any atom is 0.326 e. The average molecular weight is 284 g/mol. The zero-order valence-corrected chi connectivity index (χ0v) is 11.0. The molecule has 0 fully saturated rings. The highest BCUT2D eigenvalue weighted by atomic mass is 32.2. The summed E-state index contributed by atoms with van der Waals surface area (Å²) in [5, 5.41) is -0.242. The molecule has 0 bridgehead atoms. The van der Waals surface area contributed by atoms with E-state index in [1.54, 1.807) is 13.8 Å². The molecular formula is C11H12N2O5S. The molecule has 0 atom stereocenters. The van der Waals surface area contributed by atoms with E-state index in [0.717, 1.165) is 0 Å². The SMILES string of the molecule is CC(C)c1ccc2[nH]c(=O)[nH]c(=O)c2c1S(=O)(=O)O. The smallest absolute Gasteiger partial charge is 0.307 e. The van der Waals surface area contributed by atoms with Crippen LogP contribution in [0.25, 0.3) is 10.9 Å². The Labute approximate surface area is 108 Å². The van der Waals surface area contributed by atoms with Gasteiger partial charge in [0.15, 0.2) is 0 Å². The third-order valence-electron chi connectivity index (χ3n) is 2.77. The number of nitrogens with one attached hydrogen (secondary N) is 2. The first-order valence-electron chi connectivity index (χ1n) is 5.48. The standard InChI is InChI=1S/C11H12N2O5S/c1-5(2)6-3-4-7-8(9(6)19(16,17)18)10(14)13-11(15)12-7/h3-5H,1-2H3,(H,16,17,18)(H2,12,13,14,15). The Kier molecular flexibility index (Phi) is 3.07. The maximum absolute atomic E-state index is 11.8. The summed E-state index contributed by atoms with van der Waals surface area (Å²) in [5.41, 5.74) is -1.22. The first-order chi connectivity index (χ1) is 8.71. The molecule has 102 valence electrons. The van der Waals surface area contributed by atoms with Crippen LogP contribution >= 0.6 is 0 Å². The lowest BCUT2D eigenvalue weighted by Crippen LogP contribution is -2.24. The molecule has 7 nitrogen and oxygen atoms in total. The Bertz CT molecular complexity index is 861. The monoisotopic (exact) mass is 284 g/mol. The van der Waals surface area contributed by atoms with E-state index in [4.69, 9.17) is 0 Å². The van der Waals surface area contributed by atoms with E-state index in [1.807, 2.05) is 4.98 Å². The first-order valence-corrected chi connectivity index (χ1v) is 6.92. The lowest BCUT2D eigenvalue weighted by Gasteiger charge is -2.12. The van der Waals surface area contributed by atoms with Crippen molar-refractivity contribution in [2.75, 3.05) is 0 Å². The number of hydrogen-bond donors (Lipinski definition) is 3. The second kappa shape index (κ2) is 4.32. The number of aromatic nitrogens is 2. The molecule has 1 heterocycles. The molecule has 2 rings (SSSR count). The molecule has 8 heteroatoms. The van der Waals surface area contributed by atoms with Crippen LogP contribution in [0, 0.1) is 0 Å². The summed E-state index contributed by atoms with van der Waals surface area (Å²) in [6.45, 7) is 3.46. The maximum atomic E-state index is 11.8. The molecule has 3 N–H and O–H groups in total. The first kappa shape index (κ1) is 13.5. The van der Waals surface area contributed by atoms with Crippen LogP contribution in [0.15, 0.2) is 26.6 Å². The van der Waals surface area contributed by atoms with Gasteiger partial charge in [0.05, 0.1) is 10.9 Å². The third-order valence-corrected chi connectivity index (χ3v) is 3.73. The van der Waals surface area contributed by atoms with Gasteiger partial charge in [0.25, 0.3) is 15.7 Å². The van der Waals surface area contributed by atoms with Gasteiger partial charge >= 0.3 is 5.69 Å². The molecule has 1 aromatic carbocycles. The number of fused-ring (bicyclic) bond motifs is 1. The van der Waals surface area contributed by atoms with Crippen LogP contribution in [0.1, 0.15) is 25.3 Å². The van der Waals surface area contributed by atoms with Crippen molar-refractivity contribution in [3.63, 3.8) is 0 Å². The zero-order chi connectivity index (χ0) is 14.4.